The summed E-state index contributed by atoms with van der Waals surface area (Å²) in [6.07, 6.45) is 6.38. The molecule has 2 N–H and O–H groups in total. The molecule has 0 bridgehead atoms. The smallest absolute Gasteiger partial charge is 0.265 e. The second kappa shape index (κ2) is 10.6. The van der Waals surface area contributed by atoms with Crippen molar-refractivity contribution in [1.29, 1.82) is 0 Å². The number of nitrogens with two attached hydrogens (primary N) is 1. The van der Waals surface area contributed by atoms with Gasteiger partial charge in [0.15, 0.2) is 0 Å². The third-order valence-corrected chi connectivity index (χ3v) is 9.47. The van der Waals surface area contributed by atoms with E-state index in [0.29, 0.717) is 27.7 Å². The van der Waals surface area contributed by atoms with Gasteiger partial charge in [-0.3, -0.25) is 4.79 Å². The zero-order valence-corrected chi connectivity index (χ0v) is 22.7. The summed E-state index contributed by atoms with van der Waals surface area (Å²) >= 11 is 0.994. The molecule has 2 aromatic heterocycles. The lowest BCUT2D eigenvalue weighted by molar-refractivity contribution is -0.138. The van der Waals surface area contributed by atoms with E-state index in [-0.39, 0.29) is 22.8 Å². The summed E-state index contributed by atoms with van der Waals surface area (Å²) in [5.74, 6) is 0.693. The standard InChI is InChI=1S/C24H33N7O4S2/c1-16(2)22(23(32)30-11-7-18(8-12-30)29-9-3-4-10-29)31-14-17(27-28-31)15-35-19-5-6-20-21(13-19)36-24(26-20)37(25,33)34/h5-6,13-14,16,18,22H,3-4,7-12,15H2,1-2H3,(H2,25,33,34). The largest absolute Gasteiger partial charge is 0.487 e. The number of fused-ring (bicyclic) bond motifs is 1. The summed E-state index contributed by atoms with van der Waals surface area (Å²) in [5.41, 5.74) is 1.14. The number of carbonyl (C=O) groups excluding carboxylic acids is 1. The maximum atomic E-state index is 13.5. The Morgan fingerprint density at radius 2 is 1.92 bits per heavy atom. The van der Waals surface area contributed by atoms with Gasteiger partial charge in [0.25, 0.3) is 10.0 Å². The maximum absolute atomic E-state index is 13.5. The van der Waals surface area contributed by atoms with Crippen molar-refractivity contribution in [3.63, 3.8) is 0 Å². The molecule has 1 aromatic carbocycles. The average Bonchev–Trinajstić information content (AvgIpc) is 3.63. The van der Waals surface area contributed by atoms with Crippen LogP contribution in [0.5, 0.6) is 5.75 Å². The van der Waals surface area contributed by atoms with Gasteiger partial charge in [0.1, 0.15) is 24.1 Å². The first-order valence-corrected chi connectivity index (χ1v) is 15.0. The quantitative estimate of drug-likeness (QED) is 0.454. The molecule has 37 heavy (non-hydrogen) atoms. The summed E-state index contributed by atoms with van der Waals surface area (Å²) in [6, 6.07) is 5.29. The van der Waals surface area contributed by atoms with E-state index >= 15 is 0 Å². The molecule has 0 radical (unpaired) electrons. The van der Waals surface area contributed by atoms with Gasteiger partial charge in [0, 0.05) is 19.1 Å². The predicted molar refractivity (Wildman–Crippen MR) is 140 cm³/mol. The van der Waals surface area contributed by atoms with Crippen molar-refractivity contribution in [2.45, 2.75) is 62.6 Å². The van der Waals surface area contributed by atoms with Gasteiger partial charge in [0.05, 0.1) is 16.4 Å². The normalized spacial score (nSPS) is 18.6. The molecule has 4 heterocycles. The number of benzene rings is 1. The Morgan fingerprint density at radius 3 is 2.59 bits per heavy atom. The third kappa shape index (κ3) is 5.79. The van der Waals surface area contributed by atoms with Crippen LogP contribution < -0.4 is 9.88 Å². The van der Waals surface area contributed by atoms with Crippen LogP contribution in [0, 0.1) is 5.92 Å². The fourth-order valence-corrected chi connectivity index (χ4v) is 6.90. The van der Waals surface area contributed by atoms with Crippen molar-refractivity contribution in [1.82, 2.24) is 29.8 Å². The number of sulfonamides is 1. The van der Waals surface area contributed by atoms with E-state index in [1.54, 1.807) is 29.1 Å². The Kier molecular flexibility index (Phi) is 7.48. The second-order valence-electron chi connectivity index (χ2n) is 10.1. The SMILES string of the molecule is CC(C)C(C(=O)N1CCC(N2CCCC2)CC1)n1cc(COc2ccc3nc(S(N)(=O)=O)sc3c2)nn1. The summed E-state index contributed by atoms with van der Waals surface area (Å²) in [5, 5.41) is 13.7. The Balaban J connectivity index is 1.22. The van der Waals surface area contributed by atoms with Crippen LogP contribution in [0.3, 0.4) is 0 Å². The van der Waals surface area contributed by atoms with E-state index < -0.39 is 16.1 Å². The van der Waals surface area contributed by atoms with Gasteiger partial charge in [-0.1, -0.05) is 19.1 Å². The molecule has 5 rings (SSSR count). The molecule has 0 aliphatic carbocycles. The highest BCUT2D eigenvalue weighted by Crippen LogP contribution is 2.29. The summed E-state index contributed by atoms with van der Waals surface area (Å²) in [4.78, 5) is 22.1. The van der Waals surface area contributed by atoms with Gasteiger partial charge in [0.2, 0.25) is 10.2 Å². The number of hydrogen-bond donors (Lipinski definition) is 1. The Hall–Kier alpha value is -2.61. The molecule has 11 nitrogen and oxygen atoms in total. The molecule has 3 aromatic rings. The van der Waals surface area contributed by atoms with Crippen molar-refractivity contribution < 1.29 is 17.9 Å². The zero-order valence-electron chi connectivity index (χ0n) is 21.1. The number of likely N-dealkylation sites (tertiary alicyclic amines) is 2. The first-order valence-electron chi connectivity index (χ1n) is 12.7. The van der Waals surface area contributed by atoms with Crippen molar-refractivity contribution in [2.24, 2.45) is 11.1 Å². The van der Waals surface area contributed by atoms with Gasteiger partial charge in [-0.2, -0.15) is 0 Å². The van der Waals surface area contributed by atoms with Crippen LogP contribution in [0.1, 0.15) is 51.3 Å². The molecule has 0 saturated carbocycles. The molecule has 200 valence electrons. The number of hydrogen-bond acceptors (Lipinski definition) is 9. The number of carbonyl (C=O) groups is 1. The van der Waals surface area contributed by atoms with Crippen LogP contribution in [0.4, 0.5) is 0 Å². The number of piperidine rings is 1. The van der Waals surface area contributed by atoms with Gasteiger partial charge in [-0.15, -0.1) is 16.4 Å². The van der Waals surface area contributed by atoms with Gasteiger partial charge >= 0.3 is 0 Å². The number of thiazole rings is 1. The topological polar surface area (TPSA) is 137 Å². The van der Waals surface area contributed by atoms with Crippen LogP contribution in [-0.4, -0.2) is 76.3 Å². The molecule has 2 aliphatic rings. The number of ether oxygens (including phenoxy) is 1. The average molecular weight is 548 g/mol. The van der Waals surface area contributed by atoms with Crippen LogP contribution >= 0.6 is 11.3 Å². The van der Waals surface area contributed by atoms with Gasteiger partial charge in [-0.25, -0.2) is 23.2 Å². The molecule has 2 saturated heterocycles. The summed E-state index contributed by atoms with van der Waals surface area (Å²) in [7, 11) is -3.86. The minimum absolute atomic E-state index is 0.0565. The summed E-state index contributed by atoms with van der Waals surface area (Å²) in [6.45, 7) is 8.14. The zero-order chi connectivity index (χ0) is 26.2. The number of primary sulfonamides is 1. The summed E-state index contributed by atoms with van der Waals surface area (Å²) < 4.78 is 31.2. The lowest BCUT2D eigenvalue weighted by Crippen LogP contribution is -2.48. The Labute approximate surface area is 220 Å². The van der Waals surface area contributed by atoms with Crippen LogP contribution in [0.2, 0.25) is 0 Å². The molecule has 1 unspecified atom stereocenters. The lowest BCUT2D eigenvalue weighted by atomic mass is 9.99. The first-order chi connectivity index (χ1) is 17.7. The molecule has 13 heteroatoms. The Bertz CT molecular complexity index is 1360. The van der Waals surface area contributed by atoms with Gasteiger partial charge < -0.3 is 14.5 Å². The van der Waals surface area contributed by atoms with Crippen LogP contribution in [0.15, 0.2) is 28.7 Å². The predicted octanol–water partition coefficient (Wildman–Crippen LogP) is 2.40. The lowest BCUT2D eigenvalue weighted by Gasteiger charge is -2.38. The van der Waals surface area contributed by atoms with Crippen molar-refractivity contribution >= 4 is 37.5 Å². The molecule has 1 amide bonds. The van der Waals surface area contributed by atoms with E-state index in [9.17, 15) is 13.2 Å². The third-order valence-electron chi connectivity index (χ3n) is 7.13. The molecule has 2 fully saturated rings. The second-order valence-corrected chi connectivity index (χ2v) is 12.9. The maximum Gasteiger partial charge on any atom is 0.265 e. The fraction of sp³-hybridized carbons (Fsp3) is 0.583. The van der Waals surface area contributed by atoms with Crippen LogP contribution in [0.25, 0.3) is 10.2 Å². The van der Waals surface area contributed by atoms with E-state index in [0.717, 1.165) is 37.3 Å². The molecular weight excluding hydrogens is 514 g/mol. The van der Waals surface area contributed by atoms with E-state index in [2.05, 4.69) is 20.2 Å². The minimum Gasteiger partial charge on any atom is -0.487 e. The molecular formula is C24H33N7O4S2. The van der Waals surface area contributed by atoms with Gasteiger partial charge in [-0.05, 0) is 62.9 Å². The van der Waals surface area contributed by atoms with E-state index in [1.165, 1.54) is 25.9 Å². The highest BCUT2D eigenvalue weighted by Gasteiger charge is 2.34. The highest BCUT2D eigenvalue weighted by atomic mass is 32.2. The molecule has 1 atom stereocenters. The Morgan fingerprint density at radius 1 is 1.19 bits per heavy atom. The van der Waals surface area contributed by atoms with E-state index in [4.69, 9.17) is 9.88 Å². The van der Waals surface area contributed by atoms with Crippen molar-refractivity contribution in [3.05, 3.63) is 30.1 Å². The molecule has 0 spiro atoms. The number of amides is 1. The number of aromatic nitrogens is 4. The fourth-order valence-electron chi connectivity index (χ4n) is 5.22. The monoisotopic (exact) mass is 547 g/mol. The first kappa shape index (κ1) is 26.0. The van der Waals surface area contributed by atoms with Crippen molar-refractivity contribution in [2.75, 3.05) is 26.2 Å². The van der Waals surface area contributed by atoms with Crippen molar-refractivity contribution in [3.8, 4) is 5.75 Å². The number of rotatable bonds is 8. The molecule has 2 aliphatic heterocycles. The van der Waals surface area contributed by atoms with E-state index in [1.807, 2.05) is 18.7 Å². The number of nitrogens with zero attached hydrogens (tertiary/aromatic N) is 6. The minimum atomic E-state index is -3.86. The van der Waals surface area contributed by atoms with Crippen LogP contribution in [-0.2, 0) is 21.4 Å². The highest BCUT2D eigenvalue weighted by molar-refractivity contribution is 7.91.